The summed E-state index contributed by atoms with van der Waals surface area (Å²) in [6, 6.07) is 0. The van der Waals surface area contributed by atoms with Crippen LogP contribution in [0.4, 0.5) is 8.78 Å². The lowest BCUT2D eigenvalue weighted by Gasteiger charge is -2.15. The minimum Gasteiger partial charge on any atom is -0.207 e. The number of halogens is 3. The topological polar surface area (TPSA) is 0 Å². The van der Waals surface area contributed by atoms with Gasteiger partial charge in [-0.1, -0.05) is 68.0 Å². The van der Waals surface area contributed by atoms with E-state index in [0.29, 0.717) is 0 Å². The Morgan fingerprint density at radius 3 is 2.13 bits per heavy atom. The van der Waals surface area contributed by atoms with Crippen molar-refractivity contribution in [3.8, 4) is 0 Å². The summed E-state index contributed by atoms with van der Waals surface area (Å²) in [7, 11) is 0. The monoisotopic (exact) mass is 332 g/mol. The minimum absolute atomic E-state index is 0.0303. The molecule has 0 bridgehead atoms. The minimum atomic E-state index is -2.49. The summed E-state index contributed by atoms with van der Waals surface area (Å²) in [6.07, 6.45) is 8.41. The van der Waals surface area contributed by atoms with Crippen LogP contribution in [-0.4, -0.2) is 9.85 Å². The molecule has 1 atom stereocenters. The van der Waals surface area contributed by atoms with Crippen molar-refractivity contribution in [2.45, 2.75) is 75.1 Å². The molecule has 0 aromatic carbocycles. The summed E-state index contributed by atoms with van der Waals surface area (Å²) in [6.45, 7) is 3.21. The zero-order valence-corrected chi connectivity index (χ0v) is 12.0. The second-order valence-corrected chi connectivity index (χ2v) is 6.19. The van der Waals surface area contributed by atoms with E-state index in [1.54, 1.807) is 0 Å². The van der Waals surface area contributed by atoms with Crippen LogP contribution in [-0.2, 0) is 0 Å². The van der Waals surface area contributed by atoms with Gasteiger partial charge in [0, 0.05) is 10.3 Å². The van der Waals surface area contributed by atoms with E-state index in [4.69, 9.17) is 0 Å². The summed E-state index contributed by atoms with van der Waals surface area (Å²) in [5.74, 6) is -2.49. The SMILES string of the molecule is CCCCCCCCC(I)CC(C)(F)F. The maximum absolute atomic E-state index is 12.6. The second kappa shape index (κ2) is 8.71. The molecule has 0 heterocycles. The molecule has 0 spiro atoms. The zero-order valence-electron chi connectivity index (χ0n) is 9.87. The first kappa shape index (κ1) is 15.6. The number of alkyl halides is 3. The van der Waals surface area contributed by atoms with Gasteiger partial charge in [-0.15, -0.1) is 0 Å². The van der Waals surface area contributed by atoms with Crippen molar-refractivity contribution in [1.29, 1.82) is 0 Å². The highest BCUT2D eigenvalue weighted by atomic mass is 127. The van der Waals surface area contributed by atoms with Crippen LogP contribution in [0.1, 0.15) is 65.2 Å². The molecule has 0 radical (unpaired) electrons. The van der Waals surface area contributed by atoms with Gasteiger partial charge >= 0.3 is 0 Å². The van der Waals surface area contributed by atoms with Crippen LogP contribution in [0.2, 0.25) is 0 Å². The van der Waals surface area contributed by atoms with Gasteiger partial charge in [0.1, 0.15) is 0 Å². The molecule has 0 N–H and O–H groups in total. The Hall–Kier alpha value is 0.590. The molecule has 0 aliphatic rings. The smallest absolute Gasteiger partial charge is 0.207 e. The molecule has 0 aromatic heterocycles. The normalized spacial score (nSPS) is 14.2. The van der Waals surface area contributed by atoms with Crippen molar-refractivity contribution >= 4 is 22.6 Å². The van der Waals surface area contributed by atoms with Crippen molar-refractivity contribution in [2.75, 3.05) is 0 Å². The van der Waals surface area contributed by atoms with Gasteiger partial charge in [-0.2, -0.15) is 0 Å². The Kier molecular flexibility index (Phi) is 9.05. The van der Waals surface area contributed by atoms with E-state index in [-0.39, 0.29) is 10.3 Å². The highest BCUT2D eigenvalue weighted by Gasteiger charge is 2.24. The van der Waals surface area contributed by atoms with Crippen LogP contribution in [0, 0.1) is 0 Å². The van der Waals surface area contributed by atoms with Crippen LogP contribution >= 0.6 is 22.6 Å². The molecule has 0 saturated heterocycles. The largest absolute Gasteiger partial charge is 0.246 e. The molecule has 0 fully saturated rings. The fraction of sp³-hybridized carbons (Fsp3) is 1.00. The fourth-order valence-corrected chi connectivity index (χ4v) is 2.85. The lowest BCUT2D eigenvalue weighted by atomic mass is 10.1. The first-order valence-electron chi connectivity index (χ1n) is 5.97. The third kappa shape index (κ3) is 12.5. The van der Waals surface area contributed by atoms with E-state index in [0.717, 1.165) is 19.8 Å². The van der Waals surface area contributed by atoms with Gasteiger partial charge in [0.25, 0.3) is 0 Å². The first-order chi connectivity index (χ1) is 6.95. The summed E-state index contributed by atoms with van der Waals surface area (Å²) in [5, 5.41) is 0. The van der Waals surface area contributed by atoms with Gasteiger partial charge < -0.3 is 0 Å². The molecule has 3 heteroatoms. The van der Waals surface area contributed by atoms with Gasteiger partial charge in [0.2, 0.25) is 5.92 Å². The van der Waals surface area contributed by atoms with Gasteiger partial charge in [0.15, 0.2) is 0 Å². The van der Waals surface area contributed by atoms with Crippen molar-refractivity contribution in [3.63, 3.8) is 0 Å². The summed E-state index contributed by atoms with van der Waals surface area (Å²) in [5.41, 5.74) is 0. The molecule has 0 rings (SSSR count). The third-order valence-corrected chi connectivity index (χ3v) is 3.51. The van der Waals surface area contributed by atoms with Crippen molar-refractivity contribution < 1.29 is 8.78 Å². The molecule has 0 aromatic rings. The molecule has 1 unspecified atom stereocenters. The van der Waals surface area contributed by atoms with Crippen LogP contribution in [0.15, 0.2) is 0 Å². The van der Waals surface area contributed by atoms with E-state index in [1.807, 2.05) is 0 Å². The Labute approximate surface area is 106 Å². The molecular weight excluding hydrogens is 309 g/mol. The van der Waals surface area contributed by atoms with E-state index in [2.05, 4.69) is 29.5 Å². The van der Waals surface area contributed by atoms with Gasteiger partial charge in [-0.3, -0.25) is 0 Å². The van der Waals surface area contributed by atoms with Gasteiger partial charge in [-0.05, 0) is 13.3 Å². The second-order valence-electron chi connectivity index (χ2n) is 4.43. The lowest BCUT2D eigenvalue weighted by molar-refractivity contribution is 0.0133. The van der Waals surface area contributed by atoms with Gasteiger partial charge in [0.05, 0.1) is 0 Å². The Morgan fingerprint density at radius 2 is 1.60 bits per heavy atom. The standard InChI is InChI=1S/C12H23F2I/c1-3-4-5-6-7-8-9-11(15)10-12(2,13)14/h11H,3-10H2,1-2H3. The molecule has 92 valence electrons. The number of unbranched alkanes of at least 4 members (excludes halogenated alkanes) is 5. The van der Waals surface area contributed by atoms with Crippen molar-refractivity contribution in [1.82, 2.24) is 0 Å². The number of rotatable bonds is 9. The Morgan fingerprint density at radius 1 is 1.07 bits per heavy atom. The van der Waals surface area contributed by atoms with Crippen LogP contribution in [0.3, 0.4) is 0 Å². The Bertz CT molecular complexity index is 143. The molecule has 0 aliphatic carbocycles. The first-order valence-corrected chi connectivity index (χ1v) is 7.22. The van der Waals surface area contributed by atoms with E-state index < -0.39 is 5.92 Å². The molecule has 0 amide bonds. The third-order valence-electron chi connectivity index (χ3n) is 2.45. The zero-order chi connectivity index (χ0) is 11.7. The lowest BCUT2D eigenvalue weighted by Crippen LogP contribution is -2.16. The predicted octanol–water partition coefficient (Wildman–Crippen LogP) is 5.59. The van der Waals surface area contributed by atoms with Crippen molar-refractivity contribution in [3.05, 3.63) is 0 Å². The molecule has 0 nitrogen and oxygen atoms in total. The van der Waals surface area contributed by atoms with Crippen molar-refractivity contribution in [2.24, 2.45) is 0 Å². The summed E-state index contributed by atoms with van der Waals surface area (Å²) >= 11 is 2.16. The predicted molar refractivity (Wildman–Crippen MR) is 71.0 cm³/mol. The summed E-state index contributed by atoms with van der Waals surface area (Å²) < 4.78 is 25.4. The highest BCUT2D eigenvalue weighted by Crippen LogP contribution is 2.26. The average molecular weight is 332 g/mol. The van der Waals surface area contributed by atoms with Gasteiger partial charge in [-0.25, -0.2) is 8.78 Å². The molecule has 0 saturated carbocycles. The molecule has 15 heavy (non-hydrogen) atoms. The number of hydrogen-bond donors (Lipinski definition) is 0. The van der Waals surface area contributed by atoms with Crippen LogP contribution in [0.5, 0.6) is 0 Å². The molecular formula is C12H23F2I. The molecule has 0 aliphatic heterocycles. The van der Waals surface area contributed by atoms with Crippen LogP contribution < -0.4 is 0 Å². The van der Waals surface area contributed by atoms with E-state index >= 15 is 0 Å². The maximum atomic E-state index is 12.6. The maximum Gasteiger partial charge on any atom is 0.246 e. The summed E-state index contributed by atoms with van der Waals surface area (Å²) in [4.78, 5) is 0. The fourth-order valence-electron chi connectivity index (χ4n) is 1.64. The van der Waals surface area contributed by atoms with E-state index in [1.165, 1.54) is 32.1 Å². The Balaban J connectivity index is 3.28. The van der Waals surface area contributed by atoms with E-state index in [9.17, 15) is 8.78 Å². The number of hydrogen-bond acceptors (Lipinski definition) is 0. The van der Waals surface area contributed by atoms with Crippen LogP contribution in [0.25, 0.3) is 0 Å². The highest BCUT2D eigenvalue weighted by molar-refractivity contribution is 14.1. The quantitative estimate of drug-likeness (QED) is 0.293. The average Bonchev–Trinajstić information content (AvgIpc) is 2.08.